The second kappa shape index (κ2) is 7.58. The molecule has 0 aliphatic rings. The van der Waals surface area contributed by atoms with Gasteiger partial charge < -0.3 is 14.2 Å². The molecular weight excluding hydrogens is 232 g/mol. The fraction of sp³-hybridized carbons (Fsp3) is 0.500. The Labute approximate surface area is 108 Å². The van der Waals surface area contributed by atoms with Gasteiger partial charge in [-0.15, -0.1) is 0 Å². The van der Waals surface area contributed by atoms with E-state index in [-0.39, 0.29) is 0 Å². The summed E-state index contributed by atoms with van der Waals surface area (Å²) in [4.78, 5) is 11.6. The molecule has 0 unspecified atom stereocenters. The summed E-state index contributed by atoms with van der Waals surface area (Å²) in [7, 11) is 2.86. The lowest BCUT2D eigenvalue weighted by Gasteiger charge is -2.13. The zero-order valence-electron chi connectivity index (χ0n) is 11.2. The lowest BCUT2D eigenvalue weighted by atomic mass is 10.2. The summed E-state index contributed by atoms with van der Waals surface area (Å²) in [5, 5.41) is 0. The van der Waals surface area contributed by atoms with Crippen molar-refractivity contribution in [2.75, 3.05) is 20.8 Å². The van der Waals surface area contributed by atoms with Crippen LogP contribution in [0.3, 0.4) is 0 Å². The highest BCUT2D eigenvalue weighted by Crippen LogP contribution is 2.31. The molecule has 0 heterocycles. The number of benzene rings is 1. The Hall–Kier alpha value is -1.71. The molecule has 4 heteroatoms. The maximum atomic E-state index is 11.6. The van der Waals surface area contributed by atoms with Gasteiger partial charge in [0.1, 0.15) is 5.56 Å². The molecule has 0 fully saturated rings. The minimum absolute atomic E-state index is 0.382. The molecule has 0 N–H and O–H groups in total. The molecule has 1 rings (SSSR count). The average molecular weight is 252 g/mol. The van der Waals surface area contributed by atoms with Crippen molar-refractivity contribution in [2.24, 2.45) is 0 Å². The molecule has 0 aromatic heterocycles. The quantitative estimate of drug-likeness (QED) is 0.552. The van der Waals surface area contributed by atoms with Crippen molar-refractivity contribution < 1.29 is 19.0 Å². The van der Waals surface area contributed by atoms with E-state index in [2.05, 4.69) is 6.92 Å². The Kier molecular flexibility index (Phi) is 6.05. The molecule has 0 atom stereocenters. The van der Waals surface area contributed by atoms with Gasteiger partial charge in [-0.3, -0.25) is 0 Å². The molecule has 4 nitrogen and oxygen atoms in total. The first-order valence-electron chi connectivity index (χ1n) is 6.12. The molecule has 18 heavy (non-hydrogen) atoms. The van der Waals surface area contributed by atoms with Crippen LogP contribution in [-0.2, 0) is 4.74 Å². The van der Waals surface area contributed by atoms with Crippen molar-refractivity contribution in [3.63, 3.8) is 0 Å². The fourth-order valence-electron chi connectivity index (χ4n) is 1.64. The highest BCUT2D eigenvalue weighted by atomic mass is 16.5. The Bertz CT molecular complexity index is 387. The third-order valence-electron chi connectivity index (χ3n) is 2.59. The highest BCUT2D eigenvalue weighted by molar-refractivity contribution is 5.93. The molecule has 1 aromatic carbocycles. The van der Waals surface area contributed by atoms with Crippen LogP contribution in [0.2, 0.25) is 0 Å². The third-order valence-corrected chi connectivity index (χ3v) is 2.59. The number of methoxy groups -OCH3 is 2. The van der Waals surface area contributed by atoms with Crippen molar-refractivity contribution >= 4 is 5.97 Å². The van der Waals surface area contributed by atoms with Crippen molar-refractivity contribution in [1.82, 2.24) is 0 Å². The predicted octanol–water partition coefficient (Wildman–Crippen LogP) is 3.05. The van der Waals surface area contributed by atoms with Gasteiger partial charge in [0.25, 0.3) is 0 Å². The first-order valence-corrected chi connectivity index (χ1v) is 6.12. The topological polar surface area (TPSA) is 44.8 Å². The average Bonchev–Trinajstić information content (AvgIpc) is 2.42. The monoisotopic (exact) mass is 252 g/mol. The first-order chi connectivity index (χ1) is 8.74. The van der Waals surface area contributed by atoms with E-state index in [4.69, 9.17) is 14.2 Å². The molecule has 0 spiro atoms. The minimum atomic E-state index is -0.425. The van der Waals surface area contributed by atoms with Crippen LogP contribution in [0, 0.1) is 0 Å². The Morgan fingerprint density at radius 1 is 1.22 bits per heavy atom. The van der Waals surface area contributed by atoms with E-state index in [1.165, 1.54) is 14.2 Å². The summed E-state index contributed by atoms with van der Waals surface area (Å²) in [6, 6.07) is 5.20. The standard InChI is InChI=1S/C14H20O4/c1-4-5-6-10-18-12-9-7-8-11(13(12)16-2)14(15)17-3/h7-9H,4-6,10H2,1-3H3. The smallest absolute Gasteiger partial charge is 0.341 e. The number of hydrogen-bond donors (Lipinski definition) is 0. The van der Waals surface area contributed by atoms with E-state index in [1.807, 2.05) is 0 Å². The lowest BCUT2D eigenvalue weighted by Crippen LogP contribution is -2.06. The maximum Gasteiger partial charge on any atom is 0.341 e. The van der Waals surface area contributed by atoms with Crippen molar-refractivity contribution in [2.45, 2.75) is 26.2 Å². The van der Waals surface area contributed by atoms with Gasteiger partial charge in [0.05, 0.1) is 20.8 Å². The van der Waals surface area contributed by atoms with Crippen molar-refractivity contribution in [3.8, 4) is 11.5 Å². The van der Waals surface area contributed by atoms with Crippen LogP contribution < -0.4 is 9.47 Å². The van der Waals surface area contributed by atoms with Gasteiger partial charge in [-0.1, -0.05) is 25.8 Å². The van der Waals surface area contributed by atoms with Gasteiger partial charge in [-0.25, -0.2) is 4.79 Å². The maximum absolute atomic E-state index is 11.6. The van der Waals surface area contributed by atoms with Crippen LogP contribution >= 0.6 is 0 Å². The molecule has 0 saturated heterocycles. The summed E-state index contributed by atoms with van der Waals surface area (Å²) in [6.45, 7) is 2.76. The van der Waals surface area contributed by atoms with Gasteiger partial charge in [-0.05, 0) is 18.6 Å². The number of hydrogen-bond acceptors (Lipinski definition) is 4. The number of esters is 1. The summed E-state index contributed by atoms with van der Waals surface area (Å²) < 4.78 is 15.6. The number of para-hydroxylation sites is 1. The molecule has 0 amide bonds. The van der Waals surface area contributed by atoms with Crippen LogP contribution in [0.25, 0.3) is 0 Å². The lowest BCUT2D eigenvalue weighted by molar-refractivity contribution is 0.0596. The molecular formula is C14H20O4. The first kappa shape index (κ1) is 14.4. The predicted molar refractivity (Wildman–Crippen MR) is 69.4 cm³/mol. The molecule has 0 saturated carbocycles. The van der Waals surface area contributed by atoms with Gasteiger partial charge in [0, 0.05) is 0 Å². The minimum Gasteiger partial charge on any atom is -0.492 e. The molecule has 100 valence electrons. The number of carbonyl (C=O) groups excluding carboxylic acids is 1. The van der Waals surface area contributed by atoms with E-state index in [0.29, 0.717) is 23.7 Å². The Balaban J connectivity index is 2.81. The largest absolute Gasteiger partial charge is 0.492 e. The number of unbranched alkanes of at least 4 members (excludes halogenated alkanes) is 2. The Morgan fingerprint density at radius 3 is 2.61 bits per heavy atom. The second-order valence-electron chi connectivity index (χ2n) is 3.88. The summed E-state index contributed by atoms with van der Waals surface area (Å²) >= 11 is 0. The fourth-order valence-corrected chi connectivity index (χ4v) is 1.64. The van der Waals surface area contributed by atoms with Crippen molar-refractivity contribution in [1.29, 1.82) is 0 Å². The van der Waals surface area contributed by atoms with Gasteiger partial charge in [0.2, 0.25) is 0 Å². The normalized spacial score (nSPS) is 9.94. The van der Waals surface area contributed by atoms with Crippen LogP contribution in [-0.4, -0.2) is 26.8 Å². The zero-order chi connectivity index (χ0) is 13.4. The van der Waals surface area contributed by atoms with Gasteiger partial charge in [-0.2, -0.15) is 0 Å². The summed E-state index contributed by atoms with van der Waals surface area (Å²) in [5.74, 6) is 0.586. The highest BCUT2D eigenvalue weighted by Gasteiger charge is 2.16. The number of carbonyl (C=O) groups is 1. The van der Waals surface area contributed by atoms with Crippen LogP contribution in [0.5, 0.6) is 11.5 Å². The SMILES string of the molecule is CCCCCOc1cccc(C(=O)OC)c1OC. The van der Waals surface area contributed by atoms with Crippen molar-refractivity contribution in [3.05, 3.63) is 23.8 Å². The molecule has 1 aromatic rings. The number of ether oxygens (including phenoxy) is 3. The zero-order valence-corrected chi connectivity index (χ0v) is 11.2. The van der Waals surface area contributed by atoms with E-state index in [9.17, 15) is 4.79 Å². The summed E-state index contributed by atoms with van der Waals surface area (Å²) in [5.41, 5.74) is 0.382. The molecule has 0 aliphatic heterocycles. The van der Waals surface area contributed by atoms with Crippen LogP contribution in [0.4, 0.5) is 0 Å². The van der Waals surface area contributed by atoms with E-state index in [0.717, 1.165) is 19.3 Å². The number of rotatable bonds is 7. The molecule has 0 radical (unpaired) electrons. The summed E-state index contributed by atoms with van der Waals surface area (Å²) in [6.07, 6.45) is 3.25. The molecule has 0 bridgehead atoms. The third kappa shape index (κ3) is 3.65. The Morgan fingerprint density at radius 2 is 2.00 bits per heavy atom. The second-order valence-corrected chi connectivity index (χ2v) is 3.88. The van der Waals surface area contributed by atoms with E-state index in [1.54, 1.807) is 18.2 Å². The van der Waals surface area contributed by atoms with Gasteiger partial charge in [0.15, 0.2) is 11.5 Å². The van der Waals surface area contributed by atoms with Crippen LogP contribution in [0.1, 0.15) is 36.5 Å². The van der Waals surface area contributed by atoms with Crippen LogP contribution in [0.15, 0.2) is 18.2 Å². The van der Waals surface area contributed by atoms with E-state index >= 15 is 0 Å². The van der Waals surface area contributed by atoms with E-state index < -0.39 is 5.97 Å². The van der Waals surface area contributed by atoms with Gasteiger partial charge >= 0.3 is 5.97 Å². The molecule has 0 aliphatic carbocycles.